The van der Waals surface area contributed by atoms with Crippen molar-refractivity contribution in [2.45, 2.75) is 24.7 Å². The summed E-state index contributed by atoms with van der Waals surface area (Å²) >= 11 is 0. The number of hydrogen-bond acceptors (Lipinski definition) is 4. The molecule has 151 valence electrons. The minimum atomic E-state index is -3.79. The van der Waals surface area contributed by atoms with Crippen LogP contribution in [0.25, 0.3) is 22.4 Å². The number of ether oxygens (including phenoxy) is 1. The Bertz CT molecular complexity index is 1100. The number of aromatic nitrogens is 1. The van der Waals surface area contributed by atoms with E-state index in [-0.39, 0.29) is 10.7 Å². The highest BCUT2D eigenvalue weighted by molar-refractivity contribution is 7.89. The number of halogens is 1. The first-order chi connectivity index (χ1) is 13.8. The normalized spacial score (nSPS) is 11.4. The zero-order valence-corrected chi connectivity index (χ0v) is 16.9. The van der Waals surface area contributed by atoms with Crippen LogP contribution in [0.1, 0.15) is 25.3 Å². The van der Waals surface area contributed by atoms with Crippen LogP contribution in [0, 0.1) is 12.7 Å². The molecular weight excluding hydrogens is 391 g/mol. The molecule has 0 amide bonds. The summed E-state index contributed by atoms with van der Waals surface area (Å²) in [5, 5.41) is 5.18. The number of unbranched alkanes of at least 4 members (excludes halogenated alkanes) is 1. The lowest BCUT2D eigenvalue weighted by atomic mass is 9.98. The summed E-state index contributed by atoms with van der Waals surface area (Å²) in [6.45, 7) is 6.62. The van der Waals surface area contributed by atoms with Gasteiger partial charge in [0.2, 0.25) is 15.9 Å². The molecule has 2 aromatic carbocycles. The predicted octanol–water partition coefficient (Wildman–Crippen LogP) is 4.56. The van der Waals surface area contributed by atoms with Crippen molar-refractivity contribution in [3.05, 3.63) is 72.9 Å². The van der Waals surface area contributed by atoms with E-state index in [1.807, 2.05) is 6.07 Å². The van der Waals surface area contributed by atoms with Gasteiger partial charge in [-0.25, -0.2) is 22.9 Å². The molecule has 0 saturated heterocycles. The predicted molar refractivity (Wildman–Crippen MR) is 111 cm³/mol. The standard InChI is InChI=1S/C22H22FN2O3S/c1-3-4-13-28-22-15(2)14-20(16-7-11-19(12-8-16)29(24,26)27)21(25-22)17-5-9-18(23)10-6-17/h5-12,14H,2-4,13H2,1H3,(H2,24,26,27). The highest BCUT2D eigenvalue weighted by Gasteiger charge is 2.15. The second-order valence-corrected chi connectivity index (χ2v) is 8.19. The molecule has 5 nitrogen and oxygen atoms in total. The molecule has 0 unspecified atom stereocenters. The number of benzene rings is 2. The summed E-state index contributed by atoms with van der Waals surface area (Å²) in [6.07, 6.45) is 1.88. The summed E-state index contributed by atoms with van der Waals surface area (Å²) in [5.74, 6) is 0.0729. The van der Waals surface area contributed by atoms with Crippen molar-refractivity contribution < 1.29 is 17.5 Å². The Balaban J connectivity index is 2.11. The Morgan fingerprint density at radius 3 is 2.28 bits per heavy atom. The smallest absolute Gasteiger partial charge is 0.238 e. The molecule has 0 aliphatic rings. The van der Waals surface area contributed by atoms with E-state index in [0.29, 0.717) is 29.3 Å². The van der Waals surface area contributed by atoms with Gasteiger partial charge in [0.05, 0.1) is 17.2 Å². The fraction of sp³-hybridized carbons (Fsp3) is 0.182. The second kappa shape index (κ2) is 8.71. The average molecular weight is 413 g/mol. The van der Waals surface area contributed by atoms with Crippen molar-refractivity contribution in [3.63, 3.8) is 0 Å². The van der Waals surface area contributed by atoms with E-state index in [2.05, 4.69) is 18.8 Å². The molecule has 0 bridgehead atoms. The molecule has 0 aliphatic carbocycles. The van der Waals surface area contributed by atoms with Crippen LogP contribution >= 0.6 is 0 Å². The topological polar surface area (TPSA) is 82.3 Å². The molecule has 0 spiro atoms. The van der Waals surface area contributed by atoms with Crippen LogP contribution in [0.15, 0.2) is 59.5 Å². The Morgan fingerprint density at radius 1 is 1.07 bits per heavy atom. The van der Waals surface area contributed by atoms with Crippen molar-refractivity contribution in [3.8, 4) is 28.3 Å². The number of hydrogen-bond donors (Lipinski definition) is 1. The maximum absolute atomic E-state index is 13.4. The summed E-state index contributed by atoms with van der Waals surface area (Å²) < 4.78 is 42.2. The first-order valence-corrected chi connectivity index (χ1v) is 10.7. The number of nitrogens with two attached hydrogens (primary N) is 1. The first-order valence-electron chi connectivity index (χ1n) is 9.18. The van der Waals surface area contributed by atoms with Crippen molar-refractivity contribution in [1.82, 2.24) is 4.98 Å². The molecule has 2 N–H and O–H groups in total. The van der Waals surface area contributed by atoms with Gasteiger partial charge < -0.3 is 4.74 Å². The third-order valence-electron chi connectivity index (χ3n) is 4.41. The van der Waals surface area contributed by atoms with Crippen LogP contribution in [0.5, 0.6) is 5.88 Å². The summed E-state index contributed by atoms with van der Waals surface area (Å²) in [4.78, 5) is 4.66. The van der Waals surface area contributed by atoms with Crippen molar-refractivity contribution in [2.24, 2.45) is 5.14 Å². The number of pyridine rings is 1. The van der Waals surface area contributed by atoms with Gasteiger partial charge in [0, 0.05) is 16.7 Å². The highest BCUT2D eigenvalue weighted by atomic mass is 32.2. The molecule has 0 aliphatic heterocycles. The fourth-order valence-electron chi connectivity index (χ4n) is 2.85. The molecule has 0 atom stereocenters. The van der Waals surface area contributed by atoms with Crippen LogP contribution in [0.4, 0.5) is 4.39 Å². The summed E-state index contributed by atoms with van der Waals surface area (Å²) in [5.41, 5.74) is 3.36. The number of nitrogens with zero attached hydrogens (tertiary/aromatic N) is 1. The summed E-state index contributed by atoms with van der Waals surface area (Å²) in [6, 6.07) is 14.0. The van der Waals surface area contributed by atoms with E-state index in [1.54, 1.807) is 24.3 Å². The van der Waals surface area contributed by atoms with E-state index in [1.165, 1.54) is 24.3 Å². The molecule has 29 heavy (non-hydrogen) atoms. The summed E-state index contributed by atoms with van der Waals surface area (Å²) in [7, 11) is -3.79. The first kappa shape index (κ1) is 21.0. The molecule has 1 aromatic heterocycles. The lowest BCUT2D eigenvalue weighted by molar-refractivity contribution is 0.297. The van der Waals surface area contributed by atoms with Gasteiger partial charge in [0.15, 0.2) is 0 Å². The Labute approximate surface area is 170 Å². The largest absolute Gasteiger partial charge is 0.477 e. The Morgan fingerprint density at radius 2 is 1.69 bits per heavy atom. The van der Waals surface area contributed by atoms with Gasteiger partial charge in [-0.05, 0) is 61.4 Å². The van der Waals surface area contributed by atoms with Crippen LogP contribution < -0.4 is 9.88 Å². The lowest BCUT2D eigenvalue weighted by Gasteiger charge is -2.15. The van der Waals surface area contributed by atoms with Crippen molar-refractivity contribution in [2.75, 3.05) is 6.61 Å². The monoisotopic (exact) mass is 413 g/mol. The third kappa shape index (κ3) is 4.99. The van der Waals surface area contributed by atoms with Crippen LogP contribution in [0.2, 0.25) is 0 Å². The van der Waals surface area contributed by atoms with Gasteiger partial charge in [-0.15, -0.1) is 0 Å². The molecular formula is C22H22FN2O3S. The fourth-order valence-corrected chi connectivity index (χ4v) is 3.36. The Kier molecular flexibility index (Phi) is 6.30. The SMILES string of the molecule is [CH2]c1cc(-c2ccc(S(N)(=O)=O)cc2)c(-c2ccc(F)cc2)nc1OCCCC. The maximum atomic E-state index is 13.4. The molecule has 1 radical (unpaired) electrons. The van der Waals surface area contributed by atoms with Crippen LogP contribution in [-0.4, -0.2) is 20.0 Å². The highest BCUT2D eigenvalue weighted by Crippen LogP contribution is 2.35. The van der Waals surface area contributed by atoms with Gasteiger partial charge >= 0.3 is 0 Å². The molecule has 3 aromatic rings. The molecule has 0 fully saturated rings. The van der Waals surface area contributed by atoms with E-state index in [4.69, 9.17) is 9.88 Å². The van der Waals surface area contributed by atoms with Crippen molar-refractivity contribution >= 4 is 10.0 Å². The number of primary sulfonamides is 1. The van der Waals surface area contributed by atoms with E-state index in [9.17, 15) is 12.8 Å². The number of sulfonamides is 1. The van der Waals surface area contributed by atoms with E-state index in [0.717, 1.165) is 24.0 Å². The van der Waals surface area contributed by atoms with Gasteiger partial charge in [-0.2, -0.15) is 0 Å². The molecule has 7 heteroatoms. The number of rotatable bonds is 7. The third-order valence-corrected chi connectivity index (χ3v) is 5.34. The second-order valence-electron chi connectivity index (χ2n) is 6.63. The lowest BCUT2D eigenvalue weighted by Crippen LogP contribution is -2.11. The zero-order chi connectivity index (χ0) is 21.0. The van der Waals surface area contributed by atoms with Gasteiger partial charge in [0.1, 0.15) is 5.82 Å². The van der Waals surface area contributed by atoms with Crippen LogP contribution in [-0.2, 0) is 10.0 Å². The van der Waals surface area contributed by atoms with E-state index < -0.39 is 10.0 Å². The van der Waals surface area contributed by atoms with Crippen LogP contribution in [0.3, 0.4) is 0 Å². The van der Waals surface area contributed by atoms with Gasteiger partial charge in [-0.3, -0.25) is 0 Å². The molecule has 1 heterocycles. The zero-order valence-electron chi connectivity index (χ0n) is 16.1. The maximum Gasteiger partial charge on any atom is 0.238 e. The minimum absolute atomic E-state index is 0.0203. The molecule has 3 rings (SSSR count). The van der Waals surface area contributed by atoms with E-state index >= 15 is 0 Å². The van der Waals surface area contributed by atoms with Gasteiger partial charge in [-0.1, -0.05) is 25.5 Å². The van der Waals surface area contributed by atoms with Gasteiger partial charge in [0.25, 0.3) is 0 Å². The van der Waals surface area contributed by atoms with Crippen molar-refractivity contribution in [1.29, 1.82) is 0 Å². The molecule has 0 saturated carbocycles. The minimum Gasteiger partial charge on any atom is -0.477 e. The average Bonchev–Trinajstić information content (AvgIpc) is 2.69. The Hall–Kier alpha value is -2.77. The quantitative estimate of drug-likeness (QED) is 0.576.